The molecule has 0 saturated carbocycles. The number of Topliss-reactive ketones (excluding diaryl/α,β-unsaturated/α-hetero) is 1. The molecule has 9 heteroatoms. The largest absolute Gasteiger partial charge is 0.361 e. The van der Waals surface area contributed by atoms with Gasteiger partial charge in [-0.1, -0.05) is 42.5 Å². The van der Waals surface area contributed by atoms with E-state index in [1.165, 1.54) is 23.5 Å². The number of nitrogens with zero attached hydrogens (tertiary/aromatic N) is 2. The fourth-order valence-corrected chi connectivity index (χ4v) is 5.08. The third-order valence-corrected chi connectivity index (χ3v) is 7.25. The van der Waals surface area contributed by atoms with Gasteiger partial charge in [0.1, 0.15) is 5.01 Å². The molecule has 0 unspecified atom stereocenters. The molecule has 0 atom stereocenters. The third-order valence-electron chi connectivity index (χ3n) is 4.79. The Hall–Kier alpha value is -3.04. The Morgan fingerprint density at radius 3 is 2.57 bits per heavy atom. The first-order chi connectivity index (χ1) is 14.5. The molecule has 0 fully saturated rings. The lowest BCUT2D eigenvalue weighted by Crippen LogP contribution is -2.15. The fourth-order valence-electron chi connectivity index (χ4n) is 3.17. The number of rotatable bonds is 6. The van der Waals surface area contributed by atoms with Crippen LogP contribution in [0.3, 0.4) is 0 Å². The van der Waals surface area contributed by atoms with Gasteiger partial charge < -0.3 is 5.32 Å². The molecule has 0 bridgehead atoms. The molecule has 0 spiro atoms. The van der Waals surface area contributed by atoms with E-state index in [1.54, 1.807) is 18.3 Å². The number of benzene rings is 2. The van der Waals surface area contributed by atoms with Gasteiger partial charge >= 0.3 is 0 Å². The van der Waals surface area contributed by atoms with Crippen molar-refractivity contribution in [1.82, 2.24) is 10.2 Å². The average molecular weight is 441 g/mol. The number of carbonyl (C=O) groups is 1. The molecule has 1 aromatic heterocycles. The van der Waals surface area contributed by atoms with E-state index in [0.29, 0.717) is 24.1 Å². The molecule has 7 nitrogen and oxygen atoms in total. The van der Waals surface area contributed by atoms with Crippen molar-refractivity contribution in [1.29, 1.82) is 0 Å². The van der Waals surface area contributed by atoms with Gasteiger partial charge in [0.05, 0.1) is 4.90 Å². The quantitative estimate of drug-likeness (QED) is 0.561. The second-order valence-corrected chi connectivity index (χ2v) is 9.53. The molecule has 4 rings (SSSR count). The Labute approximate surface area is 178 Å². The summed E-state index contributed by atoms with van der Waals surface area (Å²) < 4.78 is 27.5. The number of nitrogens with one attached hydrogen (secondary N) is 2. The van der Waals surface area contributed by atoms with Gasteiger partial charge in [0.25, 0.3) is 10.0 Å². The summed E-state index contributed by atoms with van der Waals surface area (Å²) >= 11 is 1.21. The number of hydrogen-bond acceptors (Lipinski definition) is 7. The molecule has 30 heavy (non-hydrogen) atoms. The maximum absolute atomic E-state index is 12.6. The monoisotopic (exact) mass is 440 g/mol. The number of hydrogen-bond donors (Lipinski definition) is 2. The fraction of sp³-hybridized carbons (Fsp3) is 0.190. The summed E-state index contributed by atoms with van der Waals surface area (Å²) in [5, 5.41) is 11.9. The minimum Gasteiger partial charge on any atom is -0.361 e. The lowest BCUT2D eigenvalue weighted by Gasteiger charge is -2.17. The number of aromatic nitrogens is 2. The van der Waals surface area contributed by atoms with Crippen LogP contribution in [0.4, 0.5) is 10.8 Å². The predicted molar refractivity (Wildman–Crippen MR) is 117 cm³/mol. The van der Waals surface area contributed by atoms with Gasteiger partial charge in [-0.05, 0) is 49.1 Å². The van der Waals surface area contributed by atoms with E-state index in [-0.39, 0.29) is 15.8 Å². The molecule has 0 saturated heterocycles. The molecule has 1 aliphatic carbocycles. The zero-order valence-electron chi connectivity index (χ0n) is 16.3. The smallest absolute Gasteiger partial charge is 0.263 e. The summed E-state index contributed by atoms with van der Waals surface area (Å²) in [6, 6.07) is 14.0. The van der Waals surface area contributed by atoms with Crippen LogP contribution in [0.25, 0.3) is 0 Å². The van der Waals surface area contributed by atoms with E-state index < -0.39 is 10.0 Å². The third kappa shape index (κ3) is 4.27. The Balaban J connectivity index is 1.45. The van der Waals surface area contributed by atoms with Crippen LogP contribution in [0.5, 0.6) is 0 Å². The highest BCUT2D eigenvalue weighted by molar-refractivity contribution is 7.93. The van der Waals surface area contributed by atoms with Gasteiger partial charge in [0.2, 0.25) is 5.13 Å². The molecule has 0 aliphatic heterocycles. The van der Waals surface area contributed by atoms with Crippen molar-refractivity contribution in [2.75, 3.05) is 10.0 Å². The maximum atomic E-state index is 12.6. The number of ketones is 1. The van der Waals surface area contributed by atoms with Crippen molar-refractivity contribution < 1.29 is 13.2 Å². The van der Waals surface area contributed by atoms with Gasteiger partial charge in [-0.25, -0.2) is 8.42 Å². The van der Waals surface area contributed by atoms with Crippen LogP contribution in [-0.2, 0) is 22.9 Å². The summed E-state index contributed by atoms with van der Waals surface area (Å²) in [7, 11) is -3.74. The summed E-state index contributed by atoms with van der Waals surface area (Å²) in [4.78, 5) is 12.7. The van der Waals surface area contributed by atoms with Gasteiger partial charge in [-0.2, -0.15) is 0 Å². The SMILES string of the molecule is CCc1nnc(NS(=O)(=O)c2ccc(N/C=C3\CCc4ccccc4C3=O)cc2)s1. The van der Waals surface area contributed by atoms with Gasteiger partial charge in [-0.15, -0.1) is 10.2 Å². The van der Waals surface area contributed by atoms with Crippen LogP contribution in [0, 0.1) is 0 Å². The predicted octanol–water partition coefficient (Wildman–Crippen LogP) is 4.03. The highest BCUT2D eigenvalue weighted by Crippen LogP contribution is 2.25. The minimum atomic E-state index is -3.74. The maximum Gasteiger partial charge on any atom is 0.263 e. The molecular formula is C21H20N4O3S2. The number of aryl methyl sites for hydroxylation is 2. The van der Waals surface area contributed by atoms with E-state index >= 15 is 0 Å². The summed E-state index contributed by atoms with van der Waals surface area (Å²) in [6.45, 7) is 1.93. The lowest BCUT2D eigenvalue weighted by molar-refractivity contribution is 0.102. The molecular weight excluding hydrogens is 420 g/mol. The standard InChI is InChI=1S/C21H20N4O3S2/c1-2-19-23-24-21(29-19)25-30(27,28)17-11-9-16(10-12-17)22-13-15-8-7-14-5-3-4-6-18(14)20(15)26/h3-6,9-13,22H,2,7-8H2,1H3,(H,24,25)/b15-13+. The second-order valence-electron chi connectivity index (χ2n) is 6.78. The second kappa shape index (κ2) is 8.37. The summed E-state index contributed by atoms with van der Waals surface area (Å²) in [5.74, 6) is 0.0243. The topological polar surface area (TPSA) is 101 Å². The average Bonchev–Trinajstić information content (AvgIpc) is 3.20. The van der Waals surface area contributed by atoms with Crippen LogP contribution in [0.15, 0.2) is 65.2 Å². The molecule has 2 N–H and O–H groups in total. The normalized spacial score (nSPS) is 15.1. The van der Waals surface area contributed by atoms with Crippen LogP contribution >= 0.6 is 11.3 Å². The highest BCUT2D eigenvalue weighted by Gasteiger charge is 2.21. The molecule has 1 heterocycles. The Kier molecular flexibility index (Phi) is 5.65. The Morgan fingerprint density at radius 1 is 1.07 bits per heavy atom. The van der Waals surface area contributed by atoms with Crippen molar-refractivity contribution in [2.45, 2.75) is 31.1 Å². The van der Waals surface area contributed by atoms with Crippen molar-refractivity contribution in [2.24, 2.45) is 0 Å². The number of anilines is 2. The first kappa shape index (κ1) is 20.2. The van der Waals surface area contributed by atoms with E-state index in [9.17, 15) is 13.2 Å². The van der Waals surface area contributed by atoms with Crippen molar-refractivity contribution >= 4 is 38.0 Å². The molecule has 2 aromatic carbocycles. The van der Waals surface area contributed by atoms with Gasteiger partial charge in [0.15, 0.2) is 5.78 Å². The van der Waals surface area contributed by atoms with E-state index in [4.69, 9.17) is 0 Å². The van der Waals surface area contributed by atoms with Crippen LogP contribution < -0.4 is 10.0 Å². The number of carbonyl (C=O) groups excluding carboxylic acids is 1. The van der Waals surface area contributed by atoms with Crippen LogP contribution in [0.2, 0.25) is 0 Å². The number of sulfonamides is 1. The van der Waals surface area contributed by atoms with Crippen LogP contribution in [0.1, 0.15) is 34.3 Å². The number of fused-ring (bicyclic) bond motifs is 1. The van der Waals surface area contributed by atoms with Crippen molar-refractivity contribution in [3.63, 3.8) is 0 Å². The Bertz CT molecular complexity index is 1220. The lowest BCUT2D eigenvalue weighted by atomic mass is 9.87. The first-order valence-electron chi connectivity index (χ1n) is 9.50. The Morgan fingerprint density at radius 2 is 1.83 bits per heavy atom. The number of allylic oxidation sites excluding steroid dienone is 1. The van der Waals surface area contributed by atoms with E-state index in [2.05, 4.69) is 20.2 Å². The van der Waals surface area contributed by atoms with E-state index in [1.807, 2.05) is 31.2 Å². The molecule has 0 amide bonds. The molecule has 154 valence electrons. The summed E-state index contributed by atoms with van der Waals surface area (Å²) in [5.41, 5.74) is 3.21. The first-order valence-corrected chi connectivity index (χ1v) is 11.8. The van der Waals surface area contributed by atoms with Crippen molar-refractivity contribution in [3.05, 3.63) is 76.4 Å². The zero-order valence-corrected chi connectivity index (χ0v) is 17.9. The van der Waals surface area contributed by atoms with Crippen molar-refractivity contribution in [3.8, 4) is 0 Å². The van der Waals surface area contributed by atoms with Gasteiger partial charge in [-0.3, -0.25) is 9.52 Å². The van der Waals surface area contributed by atoms with Crippen LogP contribution in [-0.4, -0.2) is 24.4 Å². The van der Waals surface area contributed by atoms with Gasteiger partial charge in [0, 0.05) is 23.0 Å². The molecule has 3 aromatic rings. The summed E-state index contributed by atoms with van der Waals surface area (Å²) in [6.07, 6.45) is 3.89. The minimum absolute atomic E-state index is 0.0243. The zero-order chi connectivity index (χ0) is 21.1. The molecule has 1 aliphatic rings. The highest BCUT2D eigenvalue weighted by atomic mass is 32.2. The molecule has 0 radical (unpaired) electrons. The van der Waals surface area contributed by atoms with E-state index in [0.717, 1.165) is 22.6 Å².